The van der Waals surface area contributed by atoms with E-state index >= 15 is 0 Å². The number of thiophene rings is 1. The maximum Gasteiger partial charge on any atom is 0.341 e. The van der Waals surface area contributed by atoms with E-state index in [0.29, 0.717) is 17.2 Å². The third-order valence-corrected chi connectivity index (χ3v) is 5.68. The summed E-state index contributed by atoms with van der Waals surface area (Å²) < 4.78 is 10.8. The number of carbonyl (C=O) groups is 2. The Balaban J connectivity index is 1.85. The van der Waals surface area contributed by atoms with E-state index in [1.807, 2.05) is 33.8 Å². The highest BCUT2D eigenvalue weighted by Gasteiger charge is 2.22. The molecule has 1 amide bonds. The van der Waals surface area contributed by atoms with Crippen LogP contribution in [0.3, 0.4) is 0 Å². The zero-order chi connectivity index (χ0) is 19.7. The van der Waals surface area contributed by atoms with Crippen LogP contribution in [0.4, 0.5) is 5.00 Å². The average Bonchev–Trinajstić information content (AvgIpc) is 3.09. The number of amides is 1. The van der Waals surface area contributed by atoms with Crippen molar-refractivity contribution in [3.63, 3.8) is 0 Å². The highest BCUT2D eigenvalue weighted by molar-refractivity contribution is 7.16. The first-order valence-corrected chi connectivity index (χ1v) is 9.67. The zero-order valence-corrected chi connectivity index (χ0v) is 17.0. The molecule has 3 aromatic rings. The summed E-state index contributed by atoms with van der Waals surface area (Å²) >= 11 is 1.39. The van der Waals surface area contributed by atoms with Gasteiger partial charge in [0.1, 0.15) is 10.6 Å². The van der Waals surface area contributed by atoms with Gasteiger partial charge in [-0.05, 0) is 57.4 Å². The average molecular weight is 385 g/mol. The Kier molecular flexibility index (Phi) is 5.37. The maximum atomic E-state index is 12.7. The van der Waals surface area contributed by atoms with E-state index in [2.05, 4.69) is 11.4 Å². The topological polar surface area (TPSA) is 68.5 Å². The molecule has 2 heterocycles. The molecule has 3 rings (SSSR count). The minimum absolute atomic E-state index is 0.176. The molecule has 2 aromatic heterocycles. The Morgan fingerprint density at radius 1 is 1.19 bits per heavy atom. The zero-order valence-electron chi connectivity index (χ0n) is 16.2. The van der Waals surface area contributed by atoms with Gasteiger partial charge in [-0.3, -0.25) is 4.79 Å². The summed E-state index contributed by atoms with van der Waals surface area (Å²) in [6.07, 6.45) is 1.81. The predicted octanol–water partition coefficient (Wildman–Crippen LogP) is 5.09. The van der Waals surface area contributed by atoms with Gasteiger partial charge in [-0.15, -0.1) is 11.3 Å². The number of aryl methyl sites for hydroxylation is 3. The molecule has 0 aliphatic carbocycles. The highest BCUT2D eigenvalue weighted by Crippen LogP contribution is 2.33. The quantitative estimate of drug-likeness (QED) is 0.622. The predicted molar refractivity (Wildman–Crippen MR) is 108 cm³/mol. The van der Waals surface area contributed by atoms with Crippen LogP contribution in [-0.4, -0.2) is 18.5 Å². The number of hydrogen-bond acceptors (Lipinski definition) is 5. The number of anilines is 1. The molecule has 5 nitrogen and oxygen atoms in total. The fourth-order valence-corrected chi connectivity index (χ4v) is 4.33. The van der Waals surface area contributed by atoms with Gasteiger partial charge in [0.2, 0.25) is 5.91 Å². The van der Waals surface area contributed by atoms with Gasteiger partial charge < -0.3 is 14.5 Å². The van der Waals surface area contributed by atoms with Gasteiger partial charge in [-0.2, -0.15) is 0 Å². The lowest BCUT2D eigenvalue weighted by Crippen LogP contribution is -2.16. The van der Waals surface area contributed by atoms with Crippen molar-refractivity contribution in [3.8, 4) is 0 Å². The van der Waals surface area contributed by atoms with Crippen LogP contribution in [0, 0.1) is 27.7 Å². The van der Waals surface area contributed by atoms with E-state index in [4.69, 9.17) is 9.15 Å². The second kappa shape index (κ2) is 7.56. The smallest absolute Gasteiger partial charge is 0.341 e. The molecular weight excluding hydrogens is 362 g/mol. The van der Waals surface area contributed by atoms with Gasteiger partial charge in [0.25, 0.3) is 0 Å². The Labute approximate surface area is 162 Å². The van der Waals surface area contributed by atoms with Crippen molar-refractivity contribution < 1.29 is 18.7 Å². The summed E-state index contributed by atoms with van der Waals surface area (Å²) in [7, 11) is 0. The molecule has 0 atom stereocenters. The van der Waals surface area contributed by atoms with Gasteiger partial charge in [0.15, 0.2) is 0 Å². The van der Waals surface area contributed by atoms with Crippen molar-refractivity contribution in [2.75, 3.05) is 11.9 Å². The molecule has 0 saturated heterocycles. The van der Waals surface area contributed by atoms with E-state index in [1.165, 1.54) is 11.3 Å². The summed E-state index contributed by atoms with van der Waals surface area (Å²) in [6.45, 7) is 9.87. The van der Waals surface area contributed by atoms with Crippen LogP contribution in [0.1, 0.15) is 44.4 Å². The molecule has 0 radical (unpaired) electrons. The molecule has 0 spiro atoms. The van der Waals surface area contributed by atoms with Gasteiger partial charge in [-0.1, -0.05) is 6.07 Å². The van der Waals surface area contributed by atoms with Gasteiger partial charge in [0.05, 0.1) is 24.9 Å². The van der Waals surface area contributed by atoms with Crippen LogP contribution in [0.2, 0.25) is 0 Å². The third-order valence-electron chi connectivity index (χ3n) is 4.56. The number of esters is 1. The summed E-state index contributed by atoms with van der Waals surface area (Å²) in [6, 6.07) is 4.04. The van der Waals surface area contributed by atoms with Gasteiger partial charge in [0, 0.05) is 15.8 Å². The van der Waals surface area contributed by atoms with Crippen molar-refractivity contribution in [2.24, 2.45) is 0 Å². The van der Waals surface area contributed by atoms with Crippen LogP contribution in [0.15, 0.2) is 22.8 Å². The van der Waals surface area contributed by atoms with Crippen LogP contribution in [0.25, 0.3) is 11.0 Å². The van der Waals surface area contributed by atoms with Crippen molar-refractivity contribution >= 4 is 39.2 Å². The number of ether oxygens (including phenoxy) is 1. The van der Waals surface area contributed by atoms with E-state index in [9.17, 15) is 9.59 Å². The lowest BCUT2D eigenvalue weighted by atomic mass is 10.0. The molecule has 1 aromatic carbocycles. The second-order valence-corrected chi connectivity index (χ2v) is 7.87. The SMILES string of the molecule is CCOC(=O)c1c(NC(=O)Cc2coc3cc(C)cc(C)c23)sc(C)c1C. The van der Waals surface area contributed by atoms with E-state index in [1.54, 1.807) is 13.2 Å². The van der Waals surface area contributed by atoms with Crippen molar-refractivity contribution in [1.29, 1.82) is 0 Å². The molecule has 0 aliphatic rings. The highest BCUT2D eigenvalue weighted by atomic mass is 32.1. The van der Waals surface area contributed by atoms with Crippen LogP contribution < -0.4 is 5.32 Å². The maximum absolute atomic E-state index is 12.7. The molecule has 6 heteroatoms. The Bertz CT molecular complexity index is 1030. The largest absolute Gasteiger partial charge is 0.464 e. The molecular formula is C21H23NO4S. The summed E-state index contributed by atoms with van der Waals surface area (Å²) in [5.74, 6) is -0.598. The van der Waals surface area contributed by atoms with E-state index < -0.39 is 5.97 Å². The first-order chi connectivity index (χ1) is 12.8. The van der Waals surface area contributed by atoms with E-state index in [-0.39, 0.29) is 12.3 Å². The molecule has 0 saturated carbocycles. The molecule has 0 aliphatic heterocycles. The molecule has 0 fully saturated rings. The molecule has 0 bridgehead atoms. The lowest BCUT2D eigenvalue weighted by Gasteiger charge is -2.07. The Hall–Kier alpha value is -2.60. The van der Waals surface area contributed by atoms with E-state index in [0.717, 1.165) is 38.1 Å². The number of carbonyl (C=O) groups excluding carboxylic acids is 2. The normalized spacial score (nSPS) is 11.0. The number of hydrogen-bond donors (Lipinski definition) is 1. The van der Waals surface area contributed by atoms with Crippen LogP contribution in [-0.2, 0) is 16.0 Å². The van der Waals surface area contributed by atoms with Gasteiger partial charge in [-0.25, -0.2) is 4.79 Å². The number of fused-ring (bicyclic) bond motifs is 1. The Morgan fingerprint density at radius 2 is 1.93 bits per heavy atom. The minimum Gasteiger partial charge on any atom is -0.464 e. The summed E-state index contributed by atoms with van der Waals surface area (Å²) in [4.78, 5) is 25.9. The standard InChI is InChI=1S/C21H23NO4S/c1-6-25-21(24)19-13(4)14(5)27-20(19)22-17(23)9-15-10-26-16-8-11(2)7-12(3)18(15)16/h7-8,10H,6,9H2,1-5H3,(H,22,23). The summed E-state index contributed by atoms with van der Waals surface area (Å²) in [5, 5.41) is 4.39. The minimum atomic E-state index is -0.408. The Morgan fingerprint density at radius 3 is 2.63 bits per heavy atom. The van der Waals surface area contributed by atoms with Crippen molar-refractivity contribution in [3.05, 3.63) is 51.1 Å². The monoisotopic (exact) mass is 385 g/mol. The number of nitrogens with one attached hydrogen (secondary N) is 1. The fraction of sp³-hybridized carbons (Fsp3) is 0.333. The first kappa shape index (κ1) is 19.2. The summed E-state index contributed by atoms with van der Waals surface area (Å²) in [5.41, 5.74) is 5.10. The lowest BCUT2D eigenvalue weighted by molar-refractivity contribution is -0.115. The first-order valence-electron chi connectivity index (χ1n) is 8.86. The van der Waals surface area contributed by atoms with Crippen LogP contribution >= 0.6 is 11.3 Å². The number of furan rings is 1. The van der Waals surface area contributed by atoms with Crippen LogP contribution in [0.5, 0.6) is 0 Å². The fourth-order valence-electron chi connectivity index (χ4n) is 3.26. The third kappa shape index (κ3) is 3.76. The van der Waals surface area contributed by atoms with Gasteiger partial charge >= 0.3 is 5.97 Å². The van der Waals surface area contributed by atoms with Crippen molar-refractivity contribution in [1.82, 2.24) is 0 Å². The number of benzene rings is 1. The molecule has 0 unspecified atom stereocenters. The second-order valence-electron chi connectivity index (χ2n) is 6.65. The molecule has 27 heavy (non-hydrogen) atoms. The molecule has 1 N–H and O–H groups in total. The molecule has 142 valence electrons. The number of rotatable bonds is 5. The van der Waals surface area contributed by atoms with Crippen molar-refractivity contribution in [2.45, 2.75) is 41.0 Å².